The van der Waals surface area contributed by atoms with E-state index in [1.54, 1.807) is 6.07 Å². The lowest BCUT2D eigenvalue weighted by atomic mass is 9.97. The molecule has 0 aliphatic rings. The van der Waals surface area contributed by atoms with Crippen LogP contribution in [0.15, 0.2) is 18.2 Å². The molecule has 0 saturated carbocycles. The average molecular weight is 209 g/mol. The molecule has 1 nitrogen and oxygen atoms in total. The van der Waals surface area contributed by atoms with E-state index in [2.05, 4.69) is 13.8 Å². The smallest absolute Gasteiger partial charge is 0.126 e. The van der Waals surface area contributed by atoms with Gasteiger partial charge in [-0.25, -0.2) is 4.39 Å². The predicted molar refractivity (Wildman–Crippen MR) is 62.3 cm³/mol. The van der Waals surface area contributed by atoms with Crippen LogP contribution in [-0.2, 0) is 6.42 Å². The Labute approximate surface area is 91.5 Å². The van der Waals surface area contributed by atoms with Crippen molar-refractivity contribution in [3.05, 3.63) is 35.1 Å². The molecule has 0 spiro atoms. The molecule has 1 aromatic carbocycles. The summed E-state index contributed by atoms with van der Waals surface area (Å²) in [7, 11) is 0. The molecule has 1 unspecified atom stereocenters. The molecule has 1 atom stereocenters. The molecule has 1 rings (SSSR count). The van der Waals surface area contributed by atoms with E-state index in [0.717, 1.165) is 17.5 Å². The molecule has 0 aliphatic carbocycles. The summed E-state index contributed by atoms with van der Waals surface area (Å²) in [5.41, 5.74) is 7.78. The normalized spacial score (nSPS) is 13.2. The van der Waals surface area contributed by atoms with Crippen LogP contribution in [0.4, 0.5) is 4.39 Å². The molecule has 1 aromatic rings. The van der Waals surface area contributed by atoms with Gasteiger partial charge in [-0.1, -0.05) is 31.5 Å². The van der Waals surface area contributed by atoms with Gasteiger partial charge in [-0.05, 0) is 37.3 Å². The summed E-state index contributed by atoms with van der Waals surface area (Å²) in [6.07, 6.45) is 1.57. The topological polar surface area (TPSA) is 26.0 Å². The number of hydrogen-bond acceptors (Lipinski definition) is 1. The molecule has 15 heavy (non-hydrogen) atoms. The first-order valence-corrected chi connectivity index (χ1v) is 5.49. The first-order valence-electron chi connectivity index (χ1n) is 5.49. The van der Waals surface area contributed by atoms with E-state index in [4.69, 9.17) is 5.73 Å². The number of hydrogen-bond donors (Lipinski definition) is 1. The lowest BCUT2D eigenvalue weighted by Crippen LogP contribution is -2.25. The van der Waals surface area contributed by atoms with Crippen LogP contribution >= 0.6 is 0 Å². The van der Waals surface area contributed by atoms with Gasteiger partial charge in [-0.2, -0.15) is 0 Å². The minimum atomic E-state index is -0.139. The zero-order valence-corrected chi connectivity index (χ0v) is 9.76. The lowest BCUT2D eigenvalue weighted by molar-refractivity contribution is 0.485. The van der Waals surface area contributed by atoms with Gasteiger partial charge >= 0.3 is 0 Å². The van der Waals surface area contributed by atoms with Crippen molar-refractivity contribution in [3.63, 3.8) is 0 Å². The molecule has 0 aromatic heterocycles. The van der Waals surface area contributed by atoms with Crippen LogP contribution in [0.25, 0.3) is 0 Å². The number of halogens is 1. The van der Waals surface area contributed by atoms with Crippen molar-refractivity contribution in [3.8, 4) is 0 Å². The fraction of sp³-hybridized carbons (Fsp3) is 0.538. The van der Waals surface area contributed by atoms with Gasteiger partial charge in [-0.15, -0.1) is 0 Å². The van der Waals surface area contributed by atoms with Crippen molar-refractivity contribution in [2.45, 2.75) is 39.7 Å². The zero-order chi connectivity index (χ0) is 11.4. The van der Waals surface area contributed by atoms with Gasteiger partial charge in [0.05, 0.1) is 0 Å². The number of rotatable bonds is 4. The van der Waals surface area contributed by atoms with Crippen molar-refractivity contribution >= 4 is 0 Å². The molecule has 0 aliphatic heterocycles. The molecule has 84 valence electrons. The van der Waals surface area contributed by atoms with Crippen molar-refractivity contribution < 1.29 is 4.39 Å². The van der Waals surface area contributed by atoms with E-state index in [-0.39, 0.29) is 11.9 Å². The van der Waals surface area contributed by atoms with Gasteiger partial charge in [0.25, 0.3) is 0 Å². The highest BCUT2D eigenvalue weighted by molar-refractivity contribution is 5.24. The van der Waals surface area contributed by atoms with Crippen LogP contribution in [0.1, 0.15) is 31.4 Å². The van der Waals surface area contributed by atoms with Gasteiger partial charge < -0.3 is 5.73 Å². The second-order valence-corrected chi connectivity index (χ2v) is 4.69. The summed E-state index contributed by atoms with van der Waals surface area (Å²) >= 11 is 0. The second-order valence-electron chi connectivity index (χ2n) is 4.69. The fourth-order valence-corrected chi connectivity index (χ4v) is 1.83. The zero-order valence-electron chi connectivity index (χ0n) is 9.76. The Balaban J connectivity index is 2.67. The Hall–Kier alpha value is -0.890. The van der Waals surface area contributed by atoms with Crippen LogP contribution in [-0.4, -0.2) is 6.04 Å². The second kappa shape index (κ2) is 5.26. The van der Waals surface area contributed by atoms with E-state index in [0.29, 0.717) is 12.3 Å². The highest BCUT2D eigenvalue weighted by Crippen LogP contribution is 2.14. The van der Waals surface area contributed by atoms with Gasteiger partial charge in [0.2, 0.25) is 0 Å². The number of nitrogens with two attached hydrogens (primary N) is 1. The highest BCUT2D eigenvalue weighted by Gasteiger charge is 2.09. The van der Waals surface area contributed by atoms with E-state index in [9.17, 15) is 4.39 Å². The Morgan fingerprint density at radius 1 is 1.33 bits per heavy atom. The van der Waals surface area contributed by atoms with Crippen LogP contribution in [0, 0.1) is 18.7 Å². The van der Waals surface area contributed by atoms with E-state index < -0.39 is 0 Å². The van der Waals surface area contributed by atoms with Crippen molar-refractivity contribution in [2.24, 2.45) is 11.7 Å². The Kier molecular flexibility index (Phi) is 4.28. The van der Waals surface area contributed by atoms with Crippen LogP contribution in [0.5, 0.6) is 0 Å². The number of aryl methyl sites for hydroxylation is 1. The minimum absolute atomic E-state index is 0.0568. The van der Waals surface area contributed by atoms with Crippen LogP contribution < -0.4 is 5.73 Å². The maximum Gasteiger partial charge on any atom is 0.126 e. The molecule has 0 heterocycles. The van der Waals surface area contributed by atoms with E-state index in [1.165, 1.54) is 6.07 Å². The van der Waals surface area contributed by atoms with Gasteiger partial charge in [0, 0.05) is 6.04 Å². The summed E-state index contributed by atoms with van der Waals surface area (Å²) in [5.74, 6) is 0.424. The number of benzene rings is 1. The third-order valence-corrected chi connectivity index (χ3v) is 2.46. The quantitative estimate of drug-likeness (QED) is 0.810. The largest absolute Gasteiger partial charge is 0.327 e. The molecule has 2 N–H and O–H groups in total. The lowest BCUT2D eigenvalue weighted by Gasteiger charge is -2.14. The van der Waals surface area contributed by atoms with Crippen LogP contribution in [0.3, 0.4) is 0 Å². The molecule has 0 bridgehead atoms. The minimum Gasteiger partial charge on any atom is -0.327 e. The Bertz CT molecular complexity index is 320. The summed E-state index contributed by atoms with van der Waals surface area (Å²) in [5, 5.41) is 0. The van der Waals surface area contributed by atoms with Crippen molar-refractivity contribution in [1.29, 1.82) is 0 Å². The third kappa shape index (κ3) is 4.00. The van der Waals surface area contributed by atoms with Gasteiger partial charge in [-0.3, -0.25) is 0 Å². The first-order chi connectivity index (χ1) is 6.99. The standard InChI is InChI=1S/C13H20FN/c1-9(2)6-12(15)8-11-7-10(3)4-5-13(11)14/h4-5,7,9,12H,6,8,15H2,1-3H3. The van der Waals surface area contributed by atoms with Crippen molar-refractivity contribution in [2.75, 3.05) is 0 Å². The molecule has 2 heteroatoms. The fourth-order valence-electron chi connectivity index (χ4n) is 1.83. The highest BCUT2D eigenvalue weighted by atomic mass is 19.1. The maximum absolute atomic E-state index is 13.4. The Morgan fingerprint density at radius 2 is 2.00 bits per heavy atom. The van der Waals surface area contributed by atoms with Gasteiger partial charge in [0.15, 0.2) is 0 Å². The summed E-state index contributed by atoms with van der Waals surface area (Å²) in [6, 6.07) is 5.25. The maximum atomic E-state index is 13.4. The molecular formula is C13H20FN. The Morgan fingerprint density at radius 3 is 2.60 bits per heavy atom. The molecule has 0 saturated heterocycles. The van der Waals surface area contributed by atoms with Gasteiger partial charge in [0.1, 0.15) is 5.82 Å². The predicted octanol–water partition coefficient (Wildman–Crippen LogP) is 3.05. The molecule has 0 amide bonds. The molecular weight excluding hydrogens is 189 g/mol. The van der Waals surface area contributed by atoms with Crippen LogP contribution in [0.2, 0.25) is 0 Å². The molecule has 0 fully saturated rings. The summed E-state index contributed by atoms with van der Waals surface area (Å²) < 4.78 is 13.4. The monoisotopic (exact) mass is 209 g/mol. The van der Waals surface area contributed by atoms with E-state index >= 15 is 0 Å². The summed E-state index contributed by atoms with van der Waals surface area (Å²) in [4.78, 5) is 0. The average Bonchev–Trinajstić information content (AvgIpc) is 2.10. The summed E-state index contributed by atoms with van der Waals surface area (Å²) in [6.45, 7) is 6.23. The third-order valence-electron chi connectivity index (χ3n) is 2.46. The van der Waals surface area contributed by atoms with Crippen molar-refractivity contribution in [1.82, 2.24) is 0 Å². The first kappa shape index (κ1) is 12.2. The van der Waals surface area contributed by atoms with E-state index in [1.807, 2.05) is 13.0 Å². The SMILES string of the molecule is Cc1ccc(F)c(CC(N)CC(C)C)c1. The molecule has 0 radical (unpaired) electrons.